The first-order valence-electron chi connectivity index (χ1n) is 5.59. The van der Waals surface area contributed by atoms with E-state index in [9.17, 15) is 14.0 Å². The molecule has 0 aliphatic rings. The molecule has 0 saturated carbocycles. The van der Waals surface area contributed by atoms with E-state index in [-0.39, 0.29) is 13.0 Å². The summed E-state index contributed by atoms with van der Waals surface area (Å²) in [5, 5.41) is 19.8. The highest BCUT2D eigenvalue weighted by atomic mass is 19.1. The maximum Gasteiger partial charge on any atom is 0.326 e. The molecule has 1 aromatic rings. The number of carboxylic acid groups (broad SMARTS) is 1. The Labute approximate surface area is 109 Å². The number of halogens is 1. The van der Waals surface area contributed by atoms with Crippen molar-refractivity contribution in [2.45, 2.75) is 12.5 Å². The number of hydrogen-bond acceptors (Lipinski definition) is 3. The molecule has 0 bridgehead atoms. The molecule has 104 valence electrons. The lowest BCUT2D eigenvalue weighted by atomic mass is 10.2. The first-order chi connectivity index (χ1) is 8.95. The molecule has 0 radical (unpaired) electrons. The second-order valence-electron chi connectivity index (χ2n) is 3.89. The molecule has 19 heavy (non-hydrogen) atoms. The number of carbonyl (C=O) groups excluding carboxylic acids is 1. The SMILES string of the molecule is CN(C(=O)NC(CCO)C(=O)O)c1ccc(F)cc1. The number of aliphatic hydroxyl groups excluding tert-OH is 1. The van der Waals surface area contributed by atoms with Gasteiger partial charge in [0.1, 0.15) is 11.9 Å². The summed E-state index contributed by atoms with van der Waals surface area (Å²) in [5.41, 5.74) is 0.423. The fourth-order valence-electron chi connectivity index (χ4n) is 1.41. The highest BCUT2D eigenvalue weighted by Crippen LogP contribution is 2.13. The Balaban J connectivity index is 2.71. The number of carboxylic acids is 1. The van der Waals surface area contributed by atoms with Crippen LogP contribution in [0.25, 0.3) is 0 Å². The van der Waals surface area contributed by atoms with Gasteiger partial charge in [-0.25, -0.2) is 14.0 Å². The number of amides is 2. The van der Waals surface area contributed by atoms with Crippen molar-refractivity contribution in [1.29, 1.82) is 0 Å². The van der Waals surface area contributed by atoms with Crippen LogP contribution in [-0.4, -0.2) is 41.9 Å². The van der Waals surface area contributed by atoms with Gasteiger partial charge in [0.05, 0.1) is 0 Å². The lowest BCUT2D eigenvalue weighted by molar-refractivity contribution is -0.139. The molecule has 0 saturated heterocycles. The highest BCUT2D eigenvalue weighted by molar-refractivity contribution is 5.93. The monoisotopic (exact) mass is 270 g/mol. The number of urea groups is 1. The van der Waals surface area contributed by atoms with Gasteiger partial charge >= 0.3 is 12.0 Å². The molecular formula is C12H15FN2O4. The number of nitrogens with zero attached hydrogens (tertiary/aromatic N) is 1. The Morgan fingerprint density at radius 2 is 1.95 bits per heavy atom. The van der Waals surface area contributed by atoms with Gasteiger partial charge in [0, 0.05) is 25.8 Å². The second-order valence-corrected chi connectivity index (χ2v) is 3.89. The van der Waals surface area contributed by atoms with Gasteiger partial charge in [-0.3, -0.25) is 4.90 Å². The summed E-state index contributed by atoms with van der Waals surface area (Å²) >= 11 is 0. The van der Waals surface area contributed by atoms with E-state index in [0.717, 1.165) is 4.90 Å². The molecule has 0 aliphatic heterocycles. The molecule has 7 heteroatoms. The van der Waals surface area contributed by atoms with Crippen molar-refractivity contribution in [3.8, 4) is 0 Å². The lowest BCUT2D eigenvalue weighted by Crippen LogP contribution is -2.47. The third-order valence-corrected chi connectivity index (χ3v) is 2.53. The van der Waals surface area contributed by atoms with Crippen LogP contribution >= 0.6 is 0 Å². The summed E-state index contributed by atoms with van der Waals surface area (Å²) in [6.45, 7) is -0.350. The average molecular weight is 270 g/mol. The molecule has 0 spiro atoms. The van der Waals surface area contributed by atoms with Crippen LogP contribution in [0.15, 0.2) is 24.3 Å². The van der Waals surface area contributed by atoms with E-state index in [1.807, 2.05) is 0 Å². The normalized spacial score (nSPS) is 11.7. The summed E-state index contributed by atoms with van der Waals surface area (Å²) in [6.07, 6.45) is -0.0850. The quantitative estimate of drug-likeness (QED) is 0.738. The van der Waals surface area contributed by atoms with Gasteiger partial charge in [-0.1, -0.05) is 0 Å². The predicted molar refractivity (Wildman–Crippen MR) is 66.5 cm³/mol. The van der Waals surface area contributed by atoms with Crippen molar-refractivity contribution in [3.05, 3.63) is 30.1 Å². The Morgan fingerprint density at radius 1 is 1.37 bits per heavy atom. The molecule has 0 heterocycles. The molecule has 3 N–H and O–H groups in total. The van der Waals surface area contributed by atoms with Crippen molar-refractivity contribution in [3.63, 3.8) is 0 Å². The van der Waals surface area contributed by atoms with Crippen LogP contribution in [0, 0.1) is 5.82 Å². The first kappa shape index (κ1) is 14.9. The number of aliphatic hydroxyl groups is 1. The number of hydrogen-bond donors (Lipinski definition) is 3. The minimum atomic E-state index is -1.23. The molecule has 1 atom stereocenters. The Kier molecular flexibility index (Phi) is 5.25. The smallest absolute Gasteiger partial charge is 0.326 e. The predicted octanol–water partition coefficient (Wildman–Crippen LogP) is 0.807. The minimum absolute atomic E-state index is 0.0850. The van der Waals surface area contributed by atoms with Gasteiger partial charge in [-0.15, -0.1) is 0 Å². The van der Waals surface area contributed by atoms with Gasteiger partial charge in [-0.2, -0.15) is 0 Å². The maximum atomic E-state index is 12.7. The Morgan fingerprint density at radius 3 is 2.42 bits per heavy atom. The third-order valence-electron chi connectivity index (χ3n) is 2.53. The van der Waals surface area contributed by atoms with E-state index in [0.29, 0.717) is 5.69 Å². The van der Waals surface area contributed by atoms with Crippen LogP contribution in [0.5, 0.6) is 0 Å². The molecule has 0 aliphatic carbocycles. The molecule has 0 aromatic heterocycles. The fraction of sp³-hybridized carbons (Fsp3) is 0.333. The molecule has 1 unspecified atom stereocenters. The second kappa shape index (κ2) is 6.69. The van der Waals surface area contributed by atoms with E-state index in [1.54, 1.807) is 0 Å². The van der Waals surface area contributed by atoms with Gasteiger partial charge in [-0.05, 0) is 24.3 Å². The first-order valence-corrected chi connectivity index (χ1v) is 5.59. The number of aliphatic carboxylic acids is 1. The zero-order valence-corrected chi connectivity index (χ0v) is 10.3. The summed E-state index contributed by atoms with van der Waals surface area (Å²) in [6, 6.07) is 3.38. The highest BCUT2D eigenvalue weighted by Gasteiger charge is 2.21. The van der Waals surface area contributed by atoms with Crippen LogP contribution < -0.4 is 10.2 Å². The zero-order chi connectivity index (χ0) is 14.4. The molecule has 6 nitrogen and oxygen atoms in total. The molecule has 0 fully saturated rings. The van der Waals surface area contributed by atoms with Crippen molar-refractivity contribution < 1.29 is 24.2 Å². The van der Waals surface area contributed by atoms with Crippen molar-refractivity contribution in [1.82, 2.24) is 5.32 Å². The number of rotatable bonds is 5. The summed E-state index contributed by atoms with van der Waals surface area (Å²) in [7, 11) is 1.43. The van der Waals surface area contributed by atoms with E-state index in [1.165, 1.54) is 31.3 Å². The van der Waals surface area contributed by atoms with Crippen molar-refractivity contribution in [2.75, 3.05) is 18.6 Å². The number of carbonyl (C=O) groups is 2. The van der Waals surface area contributed by atoms with Crippen molar-refractivity contribution >= 4 is 17.7 Å². The van der Waals surface area contributed by atoms with Gasteiger partial charge < -0.3 is 15.5 Å². The van der Waals surface area contributed by atoms with Crippen LogP contribution in [0.2, 0.25) is 0 Å². The molecular weight excluding hydrogens is 255 g/mol. The third kappa shape index (κ3) is 4.22. The van der Waals surface area contributed by atoms with E-state index in [4.69, 9.17) is 10.2 Å². The minimum Gasteiger partial charge on any atom is -0.480 e. The van der Waals surface area contributed by atoms with Crippen LogP contribution in [0.1, 0.15) is 6.42 Å². The lowest BCUT2D eigenvalue weighted by Gasteiger charge is -2.21. The van der Waals surface area contributed by atoms with Crippen LogP contribution in [0.4, 0.5) is 14.9 Å². The average Bonchev–Trinajstić information content (AvgIpc) is 2.38. The van der Waals surface area contributed by atoms with E-state index < -0.39 is 23.9 Å². The van der Waals surface area contributed by atoms with Gasteiger partial charge in [0.2, 0.25) is 0 Å². The summed E-state index contributed by atoms with van der Waals surface area (Å²) in [5.74, 6) is -1.66. The van der Waals surface area contributed by atoms with Crippen LogP contribution in [-0.2, 0) is 4.79 Å². The number of anilines is 1. The van der Waals surface area contributed by atoms with Crippen molar-refractivity contribution in [2.24, 2.45) is 0 Å². The largest absolute Gasteiger partial charge is 0.480 e. The standard InChI is InChI=1S/C12H15FN2O4/c1-15(9-4-2-8(13)3-5-9)12(19)14-10(6-7-16)11(17)18/h2-5,10,16H,6-7H2,1H3,(H,14,19)(H,17,18). The molecule has 1 rings (SSSR count). The van der Waals surface area contributed by atoms with E-state index >= 15 is 0 Å². The zero-order valence-electron chi connectivity index (χ0n) is 10.3. The maximum absolute atomic E-state index is 12.7. The van der Waals surface area contributed by atoms with Gasteiger partial charge in [0.25, 0.3) is 0 Å². The summed E-state index contributed by atoms with van der Waals surface area (Å²) in [4.78, 5) is 23.8. The fourth-order valence-corrected chi connectivity index (χ4v) is 1.41. The Bertz CT molecular complexity index is 450. The van der Waals surface area contributed by atoms with Gasteiger partial charge in [0.15, 0.2) is 0 Å². The number of nitrogens with one attached hydrogen (secondary N) is 1. The molecule has 1 aromatic carbocycles. The Hall–Kier alpha value is -2.15. The van der Waals surface area contributed by atoms with E-state index in [2.05, 4.69) is 5.32 Å². The number of benzene rings is 1. The molecule has 2 amide bonds. The topological polar surface area (TPSA) is 89.9 Å². The summed E-state index contributed by atoms with van der Waals surface area (Å²) < 4.78 is 12.7. The van der Waals surface area contributed by atoms with Crippen LogP contribution in [0.3, 0.4) is 0 Å².